The normalized spacial score (nSPS) is 11.5. The highest BCUT2D eigenvalue weighted by atomic mass is 16.5. The Balaban J connectivity index is 2.65. The van der Waals surface area contributed by atoms with E-state index in [4.69, 9.17) is 18.3 Å². The standard InChI is InChI=1S/C17H25BN4O4/c1-20-10-15(23)22-14(4-2-3-9-19)16(24)21-13-7-5-12(6-8-13)11-26-17(18)25/h5-8,14,20H,2-4,9-11,19H2,1H3,(H,21,24)(H,22,23). The topological polar surface area (TPSA) is 123 Å². The summed E-state index contributed by atoms with van der Waals surface area (Å²) < 4.78 is 4.70. The summed E-state index contributed by atoms with van der Waals surface area (Å²) in [6.45, 7) is 0.730. The number of nitrogens with one attached hydrogen (secondary N) is 3. The highest BCUT2D eigenvalue weighted by Crippen LogP contribution is 2.12. The predicted octanol–water partition coefficient (Wildman–Crippen LogP) is 0.263. The molecule has 2 radical (unpaired) electrons. The highest BCUT2D eigenvalue weighted by Gasteiger charge is 2.20. The number of benzene rings is 1. The molecule has 0 spiro atoms. The van der Waals surface area contributed by atoms with Gasteiger partial charge in [-0.1, -0.05) is 12.1 Å². The van der Waals surface area contributed by atoms with Crippen molar-refractivity contribution in [2.45, 2.75) is 31.9 Å². The lowest BCUT2D eigenvalue weighted by Crippen LogP contribution is -2.46. The molecule has 1 atom stereocenters. The van der Waals surface area contributed by atoms with Crippen molar-refractivity contribution in [2.24, 2.45) is 5.73 Å². The number of rotatable bonds is 11. The van der Waals surface area contributed by atoms with E-state index in [0.717, 1.165) is 18.4 Å². The lowest BCUT2D eigenvalue weighted by Gasteiger charge is -2.18. The zero-order valence-corrected chi connectivity index (χ0v) is 14.9. The van der Waals surface area contributed by atoms with Crippen LogP contribution < -0.4 is 21.7 Å². The highest BCUT2D eigenvalue weighted by molar-refractivity contribution is 6.55. The largest absolute Gasteiger partial charge is 0.470 e. The molecule has 26 heavy (non-hydrogen) atoms. The molecule has 0 bridgehead atoms. The number of carbonyl (C=O) groups excluding carboxylic acids is 3. The predicted molar refractivity (Wildman–Crippen MR) is 99.8 cm³/mol. The molecule has 0 aliphatic carbocycles. The SMILES string of the molecule is [B]C(=O)OCc1ccc(NC(=O)C(CCCCN)NC(=O)CNC)cc1. The van der Waals surface area contributed by atoms with E-state index in [0.29, 0.717) is 18.7 Å². The first-order chi connectivity index (χ1) is 12.5. The summed E-state index contributed by atoms with van der Waals surface area (Å²) in [4.78, 5) is 34.9. The van der Waals surface area contributed by atoms with Crippen molar-refractivity contribution in [3.8, 4) is 0 Å². The Kier molecular flexibility index (Phi) is 10.0. The molecule has 140 valence electrons. The zero-order valence-electron chi connectivity index (χ0n) is 14.9. The fourth-order valence-electron chi connectivity index (χ4n) is 2.24. The summed E-state index contributed by atoms with van der Waals surface area (Å²) in [7, 11) is 6.57. The monoisotopic (exact) mass is 360 g/mol. The molecular weight excluding hydrogens is 335 g/mol. The second-order valence-corrected chi connectivity index (χ2v) is 5.73. The molecule has 0 saturated heterocycles. The van der Waals surface area contributed by atoms with Gasteiger partial charge < -0.3 is 26.4 Å². The van der Waals surface area contributed by atoms with Crippen molar-refractivity contribution in [1.29, 1.82) is 0 Å². The van der Waals surface area contributed by atoms with E-state index in [1.807, 2.05) is 0 Å². The Labute approximate surface area is 154 Å². The van der Waals surface area contributed by atoms with Crippen LogP contribution in [0.1, 0.15) is 24.8 Å². The number of anilines is 1. The summed E-state index contributed by atoms with van der Waals surface area (Å²) >= 11 is 0. The third kappa shape index (κ3) is 8.64. The molecule has 9 heteroatoms. The molecule has 1 unspecified atom stereocenters. The third-order valence-electron chi connectivity index (χ3n) is 3.54. The summed E-state index contributed by atoms with van der Waals surface area (Å²) in [6, 6.07) is 6.15. The van der Waals surface area contributed by atoms with E-state index < -0.39 is 11.9 Å². The van der Waals surface area contributed by atoms with Crippen molar-refractivity contribution in [3.63, 3.8) is 0 Å². The molecule has 1 aromatic rings. The number of likely N-dealkylation sites (N-methyl/N-ethyl adjacent to an activating group) is 1. The number of nitrogens with two attached hydrogens (primary N) is 1. The minimum Gasteiger partial charge on any atom is -0.470 e. The minimum absolute atomic E-state index is 0.0609. The minimum atomic E-state index is -0.847. The van der Waals surface area contributed by atoms with Crippen LogP contribution in [0, 0.1) is 0 Å². The summed E-state index contributed by atoms with van der Waals surface area (Å²) in [5.74, 6) is -1.40. The van der Waals surface area contributed by atoms with Gasteiger partial charge in [0.05, 0.1) is 6.54 Å². The van der Waals surface area contributed by atoms with Gasteiger partial charge in [0.2, 0.25) is 25.5 Å². The molecule has 8 nitrogen and oxygen atoms in total. The van der Waals surface area contributed by atoms with Gasteiger partial charge in [-0.05, 0) is 50.6 Å². The van der Waals surface area contributed by atoms with E-state index in [1.165, 1.54) is 0 Å². The third-order valence-corrected chi connectivity index (χ3v) is 3.54. The molecule has 0 aromatic heterocycles. The first kappa shape index (κ1) is 21.7. The first-order valence-electron chi connectivity index (χ1n) is 8.42. The van der Waals surface area contributed by atoms with Crippen LogP contribution in [0.5, 0.6) is 0 Å². The van der Waals surface area contributed by atoms with Crippen LogP contribution >= 0.6 is 0 Å². The Morgan fingerprint density at radius 3 is 2.46 bits per heavy atom. The lowest BCUT2D eigenvalue weighted by molar-refractivity contribution is -0.126. The molecular formula is C17H25BN4O4. The maximum absolute atomic E-state index is 12.5. The Hall–Kier alpha value is -2.39. The molecule has 5 N–H and O–H groups in total. The van der Waals surface area contributed by atoms with Crippen molar-refractivity contribution < 1.29 is 19.1 Å². The maximum Gasteiger partial charge on any atom is 0.246 e. The van der Waals surface area contributed by atoms with E-state index in [9.17, 15) is 14.4 Å². The number of ether oxygens (including phenoxy) is 1. The molecule has 0 fully saturated rings. The fraction of sp³-hybridized carbons (Fsp3) is 0.471. The molecule has 1 aromatic carbocycles. The van der Waals surface area contributed by atoms with Crippen LogP contribution in [0.25, 0.3) is 0 Å². The Morgan fingerprint density at radius 1 is 1.19 bits per heavy atom. The number of carbonyl (C=O) groups is 3. The van der Waals surface area contributed by atoms with E-state index in [-0.39, 0.29) is 25.0 Å². The van der Waals surface area contributed by atoms with Gasteiger partial charge in [-0.15, -0.1) is 0 Å². The van der Waals surface area contributed by atoms with E-state index in [2.05, 4.69) is 16.0 Å². The van der Waals surface area contributed by atoms with E-state index in [1.54, 1.807) is 31.3 Å². The van der Waals surface area contributed by atoms with Gasteiger partial charge in [0.15, 0.2) is 0 Å². The Morgan fingerprint density at radius 2 is 1.88 bits per heavy atom. The van der Waals surface area contributed by atoms with Gasteiger partial charge in [-0.3, -0.25) is 14.4 Å². The second-order valence-electron chi connectivity index (χ2n) is 5.73. The molecule has 1 rings (SSSR count). The quantitative estimate of drug-likeness (QED) is 0.332. The fourth-order valence-corrected chi connectivity index (χ4v) is 2.24. The molecule has 2 amide bonds. The van der Waals surface area contributed by atoms with Crippen LogP contribution in [0.4, 0.5) is 10.5 Å². The van der Waals surface area contributed by atoms with Gasteiger partial charge in [-0.2, -0.15) is 0 Å². The smallest absolute Gasteiger partial charge is 0.246 e. The van der Waals surface area contributed by atoms with Crippen LogP contribution in [-0.4, -0.2) is 51.7 Å². The van der Waals surface area contributed by atoms with Crippen molar-refractivity contribution in [1.82, 2.24) is 10.6 Å². The molecule has 0 heterocycles. The van der Waals surface area contributed by atoms with Gasteiger partial charge in [0, 0.05) is 5.69 Å². The van der Waals surface area contributed by atoms with Crippen LogP contribution in [0.3, 0.4) is 0 Å². The molecule has 0 aliphatic heterocycles. The van der Waals surface area contributed by atoms with Gasteiger partial charge >= 0.3 is 0 Å². The zero-order chi connectivity index (χ0) is 19.4. The number of amides is 2. The molecule has 0 aliphatic rings. The van der Waals surface area contributed by atoms with Gasteiger partial charge in [-0.25, -0.2) is 0 Å². The summed E-state index contributed by atoms with van der Waals surface area (Å²) in [6.07, 6.45) is 2.01. The van der Waals surface area contributed by atoms with Crippen molar-refractivity contribution in [3.05, 3.63) is 29.8 Å². The molecule has 0 saturated carbocycles. The summed E-state index contributed by atoms with van der Waals surface area (Å²) in [5.41, 5.74) is 6.80. The van der Waals surface area contributed by atoms with Crippen molar-refractivity contribution >= 4 is 31.2 Å². The van der Waals surface area contributed by atoms with Gasteiger partial charge in [0.1, 0.15) is 12.6 Å². The Bertz CT molecular complexity index is 595. The van der Waals surface area contributed by atoms with Crippen LogP contribution in [0.15, 0.2) is 24.3 Å². The lowest BCUT2D eigenvalue weighted by atomic mass is 10.1. The van der Waals surface area contributed by atoms with Crippen LogP contribution in [0.2, 0.25) is 0 Å². The van der Waals surface area contributed by atoms with Crippen LogP contribution in [-0.2, 0) is 20.9 Å². The van der Waals surface area contributed by atoms with E-state index >= 15 is 0 Å². The number of hydrogen-bond acceptors (Lipinski definition) is 6. The second kappa shape index (κ2) is 12.0. The van der Waals surface area contributed by atoms with Gasteiger partial charge in [0.25, 0.3) is 0 Å². The first-order valence-corrected chi connectivity index (χ1v) is 8.42. The number of hydrogen-bond donors (Lipinski definition) is 4. The number of unbranched alkanes of at least 4 members (excludes halogenated alkanes) is 1. The average molecular weight is 360 g/mol. The maximum atomic E-state index is 12.5. The van der Waals surface area contributed by atoms with Crippen molar-refractivity contribution in [2.75, 3.05) is 25.5 Å². The average Bonchev–Trinajstić information content (AvgIpc) is 2.60. The summed E-state index contributed by atoms with van der Waals surface area (Å²) in [5, 5.41) is 8.23.